The molecule has 1 rings (SSSR count). The van der Waals surface area contributed by atoms with Gasteiger partial charge < -0.3 is 5.32 Å². The van der Waals surface area contributed by atoms with Crippen molar-refractivity contribution < 1.29 is 4.92 Å². The molecule has 1 aromatic rings. The maximum atomic E-state index is 9.82. The van der Waals surface area contributed by atoms with Crippen molar-refractivity contribution in [3.8, 4) is 0 Å². The minimum Gasteiger partial charge on any atom is -0.347 e. The molecule has 1 radical (unpaired) electrons. The Morgan fingerprint density at radius 1 is 1.75 bits per heavy atom. The van der Waals surface area contributed by atoms with Gasteiger partial charge in [0.1, 0.15) is 6.20 Å². The van der Waals surface area contributed by atoms with Gasteiger partial charge in [-0.1, -0.05) is 0 Å². The fraction of sp³-hybridized carbons (Fsp3) is 0. The van der Waals surface area contributed by atoms with Crippen molar-refractivity contribution in [3.63, 3.8) is 0 Å². The van der Waals surface area contributed by atoms with Crippen LogP contribution in [0.5, 0.6) is 0 Å². The average Bonchev–Trinajstić information content (AvgIpc) is 2.05. The summed E-state index contributed by atoms with van der Waals surface area (Å²) in [5.41, 5.74) is 0.663. The van der Waals surface area contributed by atoms with E-state index < -0.39 is 4.92 Å². The van der Waals surface area contributed by atoms with E-state index in [-0.39, 0.29) is 0 Å². The highest BCUT2D eigenvalue weighted by Gasteiger charge is 1.87. The lowest BCUT2D eigenvalue weighted by Gasteiger charge is -1.94. The van der Waals surface area contributed by atoms with Crippen LogP contribution in [0.4, 0.5) is 5.69 Å². The van der Waals surface area contributed by atoms with Crippen molar-refractivity contribution in [2.24, 2.45) is 0 Å². The van der Waals surface area contributed by atoms with E-state index in [4.69, 9.17) is 0 Å². The Kier molecular flexibility index (Phi) is 2.78. The standard InChI is InChI=1S/C7H6N3O2/c11-10(12)5-4-9-7-2-1-3-8-6-7/h1-3,5-6,9H. The maximum absolute atomic E-state index is 9.82. The largest absolute Gasteiger partial charge is 0.347 e. The smallest absolute Gasteiger partial charge is 0.260 e. The maximum Gasteiger partial charge on any atom is 0.260 e. The van der Waals surface area contributed by atoms with E-state index in [1.165, 1.54) is 0 Å². The van der Waals surface area contributed by atoms with Gasteiger partial charge in [-0.15, -0.1) is 0 Å². The highest BCUT2D eigenvalue weighted by atomic mass is 16.6. The zero-order valence-corrected chi connectivity index (χ0v) is 6.10. The molecular weight excluding hydrogens is 158 g/mol. The summed E-state index contributed by atoms with van der Waals surface area (Å²) in [5.74, 6) is 0. The fourth-order valence-electron chi connectivity index (χ4n) is 0.605. The molecule has 0 unspecified atom stereocenters. The number of pyridine rings is 1. The highest BCUT2D eigenvalue weighted by molar-refractivity contribution is 5.40. The number of hydrogen-bond donors (Lipinski definition) is 1. The van der Waals surface area contributed by atoms with E-state index in [0.29, 0.717) is 11.9 Å². The summed E-state index contributed by atoms with van der Waals surface area (Å²) in [6.07, 6.45) is 6.14. The molecule has 0 fully saturated rings. The molecule has 61 valence electrons. The third-order valence-corrected chi connectivity index (χ3v) is 1.05. The van der Waals surface area contributed by atoms with Crippen LogP contribution in [0.2, 0.25) is 0 Å². The van der Waals surface area contributed by atoms with E-state index in [1.807, 2.05) is 0 Å². The predicted octanol–water partition coefficient (Wildman–Crippen LogP) is 1.04. The van der Waals surface area contributed by atoms with Crippen LogP contribution in [-0.4, -0.2) is 9.91 Å². The molecule has 0 saturated carbocycles. The van der Waals surface area contributed by atoms with E-state index in [0.717, 1.165) is 0 Å². The van der Waals surface area contributed by atoms with Crippen molar-refractivity contribution in [3.05, 3.63) is 47.0 Å². The molecule has 0 amide bonds. The van der Waals surface area contributed by atoms with Gasteiger partial charge in [0.25, 0.3) is 6.20 Å². The third-order valence-electron chi connectivity index (χ3n) is 1.05. The lowest BCUT2D eigenvalue weighted by Crippen LogP contribution is -1.91. The Balaban J connectivity index is 2.49. The van der Waals surface area contributed by atoms with Crippen molar-refractivity contribution in [2.75, 3.05) is 5.32 Å². The zero-order chi connectivity index (χ0) is 8.81. The highest BCUT2D eigenvalue weighted by Crippen LogP contribution is 2.00. The average molecular weight is 164 g/mol. The first kappa shape index (κ1) is 8.19. The van der Waals surface area contributed by atoms with Gasteiger partial charge in [0, 0.05) is 6.20 Å². The first-order valence-corrected chi connectivity index (χ1v) is 3.17. The molecule has 0 bridgehead atoms. The van der Waals surface area contributed by atoms with E-state index in [9.17, 15) is 10.1 Å². The summed E-state index contributed by atoms with van der Waals surface area (Å²) >= 11 is 0. The molecule has 0 aliphatic carbocycles. The van der Waals surface area contributed by atoms with Gasteiger partial charge in [0.2, 0.25) is 0 Å². The molecule has 0 aromatic carbocycles. The van der Waals surface area contributed by atoms with Crippen molar-refractivity contribution in [1.29, 1.82) is 0 Å². The number of aromatic nitrogens is 1. The Morgan fingerprint density at radius 3 is 3.17 bits per heavy atom. The first-order chi connectivity index (χ1) is 5.79. The normalized spacial score (nSPS) is 10.0. The molecule has 0 aliphatic rings. The first-order valence-electron chi connectivity index (χ1n) is 3.17. The minimum absolute atomic E-state index is 0.594. The zero-order valence-electron chi connectivity index (χ0n) is 6.10. The Hall–Kier alpha value is -1.91. The molecule has 5 nitrogen and oxygen atoms in total. The number of hydrogen-bond acceptors (Lipinski definition) is 4. The predicted molar refractivity (Wildman–Crippen MR) is 42.7 cm³/mol. The fourth-order valence-corrected chi connectivity index (χ4v) is 0.605. The second-order valence-corrected chi connectivity index (χ2v) is 1.93. The van der Waals surface area contributed by atoms with Gasteiger partial charge in [0.15, 0.2) is 0 Å². The van der Waals surface area contributed by atoms with Crippen LogP contribution in [0.25, 0.3) is 0 Å². The van der Waals surface area contributed by atoms with Crippen LogP contribution in [0, 0.1) is 16.3 Å². The summed E-state index contributed by atoms with van der Waals surface area (Å²) in [6.45, 7) is 0. The molecular formula is C7H6N3O2. The van der Waals surface area contributed by atoms with Crippen molar-refractivity contribution >= 4 is 5.69 Å². The van der Waals surface area contributed by atoms with Gasteiger partial charge in [-0.2, -0.15) is 0 Å². The number of nitrogens with zero attached hydrogens (tertiary/aromatic N) is 2. The lowest BCUT2D eigenvalue weighted by molar-refractivity contribution is -0.403. The molecule has 0 saturated heterocycles. The van der Waals surface area contributed by atoms with Crippen LogP contribution >= 0.6 is 0 Å². The monoisotopic (exact) mass is 164 g/mol. The Labute approximate surface area is 68.9 Å². The molecule has 0 aliphatic heterocycles. The van der Waals surface area contributed by atoms with Crippen molar-refractivity contribution in [1.82, 2.24) is 4.98 Å². The molecule has 1 heterocycles. The quantitative estimate of drug-likeness (QED) is 0.411. The molecule has 0 atom stereocenters. The summed E-state index contributed by atoms with van der Waals surface area (Å²) < 4.78 is 0. The molecule has 1 N–H and O–H groups in total. The molecule has 1 aromatic heterocycles. The second kappa shape index (κ2) is 4.07. The molecule has 0 spiro atoms. The number of rotatable bonds is 3. The van der Waals surface area contributed by atoms with Crippen LogP contribution in [0.3, 0.4) is 0 Å². The van der Waals surface area contributed by atoms with Gasteiger partial charge in [-0.05, 0) is 12.1 Å². The van der Waals surface area contributed by atoms with Crippen LogP contribution < -0.4 is 5.32 Å². The van der Waals surface area contributed by atoms with Crippen LogP contribution in [0.1, 0.15) is 0 Å². The SMILES string of the molecule is O=[N+]([O-])/C=[C]/Nc1cccnc1. The van der Waals surface area contributed by atoms with Gasteiger partial charge >= 0.3 is 0 Å². The summed E-state index contributed by atoms with van der Waals surface area (Å²) in [5, 5.41) is 12.4. The lowest BCUT2D eigenvalue weighted by atomic mass is 10.4. The number of nitrogens with one attached hydrogen (secondary N) is 1. The van der Waals surface area contributed by atoms with Gasteiger partial charge in [0.05, 0.1) is 16.8 Å². The number of nitro groups is 1. The van der Waals surface area contributed by atoms with Crippen LogP contribution in [-0.2, 0) is 0 Å². The second-order valence-electron chi connectivity index (χ2n) is 1.93. The van der Waals surface area contributed by atoms with Gasteiger partial charge in [-0.25, -0.2) is 0 Å². The summed E-state index contributed by atoms with van der Waals surface area (Å²) in [6, 6.07) is 3.45. The molecule has 12 heavy (non-hydrogen) atoms. The number of anilines is 1. The van der Waals surface area contributed by atoms with E-state index >= 15 is 0 Å². The third kappa shape index (κ3) is 2.78. The molecule has 5 heteroatoms. The van der Waals surface area contributed by atoms with Crippen LogP contribution in [0.15, 0.2) is 30.7 Å². The minimum atomic E-state index is -0.594. The van der Waals surface area contributed by atoms with Gasteiger partial charge in [-0.3, -0.25) is 15.1 Å². The van der Waals surface area contributed by atoms with E-state index in [1.54, 1.807) is 24.5 Å². The summed E-state index contributed by atoms with van der Waals surface area (Å²) in [4.78, 5) is 13.0. The summed E-state index contributed by atoms with van der Waals surface area (Å²) in [7, 11) is 0. The van der Waals surface area contributed by atoms with Crippen molar-refractivity contribution in [2.45, 2.75) is 0 Å². The topological polar surface area (TPSA) is 68.1 Å². The Morgan fingerprint density at radius 2 is 2.58 bits per heavy atom. The Bertz CT molecular complexity index is 284. The van der Waals surface area contributed by atoms with E-state index in [2.05, 4.69) is 16.5 Å².